The number of fused-ring (bicyclic) bond motifs is 2. The first-order valence-corrected chi connectivity index (χ1v) is 10.6. The van der Waals surface area contributed by atoms with E-state index in [-0.39, 0.29) is 0 Å². The molecule has 0 fully saturated rings. The Kier molecular flexibility index (Phi) is 4.46. The quantitative estimate of drug-likeness (QED) is 0.275. The smallest absolute Gasteiger partial charge is 0.00697 e. The van der Waals surface area contributed by atoms with Crippen molar-refractivity contribution in [3.05, 3.63) is 102 Å². The third-order valence-corrected chi connectivity index (χ3v) is 6.54. The molecule has 0 bridgehead atoms. The van der Waals surface area contributed by atoms with E-state index in [0.717, 1.165) is 0 Å². The molecule has 0 N–H and O–H groups in total. The molecule has 0 spiro atoms. The van der Waals surface area contributed by atoms with Gasteiger partial charge in [0.25, 0.3) is 0 Å². The molecule has 1 unspecified atom stereocenters. The summed E-state index contributed by atoms with van der Waals surface area (Å²) in [7, 11) is 3.04. The maximum absolute atomic E-state index is 3.04. The highest BCUT2D eigenvalue weighted by Crippen LogP contribution is 2.37. The maximum atomic E-state index is 3.04. The van der Waals surface area contributed by atoms with E-state index in [4.69, 9.17) is 0 Å². The summed E-state index contributed by atoms with van der Waals surface area (Å²) in [5.41, 5.74) is 7.84. The normalized spacial score (nSPS) is 11.3. The highest BCUT2D eigenvalue weighted by atomic mass is 31.0. The Bertz CT molecular complexity index is 1270. The standard InChI is InChI=1S/C28H23P/c1-18-14-16-20-8-3-5-10-22(20)26(18)24-12-7-13-25(28(24)29)27-19(2)15-17-21-9-4-6-11-23(21)27/h3-17H,29H2,1-2H3. The molecule has 0 saturated carbocycles. The van der Waals surface area contributed by atoms with Gasteiger partial charge in [-0.05, 0) is 74.1 Å². The zero-order chi connectivity index (χ0) is 20.0. The second-order valence-electron chi connectivity index (χ2n) is 7.72. The summed E-state index contributed by atoms with van der Waals surface area (Å²) >= 11 is 0. The summed E-state index contributed by atoms with van der Waals surface area (Å²) in [5.74, 6) is 0. The van der Waals surface area contributed by atoms with Gasteiger partial charge in [-0.15, -0.1) is 9.24 Å². The molecule has 0 amide bonds. The topological polar surface area (TPSA) is 0 Å². The van der Waals surface area contributed by atoms with Crippen LogP contribution < -0.4 is 5.30 Å². The third kappa shape index (κ3) is 2.96. The van der Waals surface area contributed by atoms with Gasteiger partial charge in [0.1, 0.15) is 0 Å². The van der Waals surface area contributed by atoms with Crippen LogP contribution in [0.25, 0.3) is 43.8 Å². The third-order valence-electron chi connectivity index (χ3n) is 5.92. The van der Waals surface area contributed by atoms with Crippen LogP contribution >= 0.6 is 9.24 Å². The van der Waals surface area contributed by atoms with Gasteiger partial charge in [0, 0.05) is 0 Å². The van der Waals surface area contributed by atoms with Gasteiger partial charge in [0.05, 0.1) is 0 Å². The average molecular weight is 390 g/mol. The molecule has 0 aliphatic heterocycles. The van der Waals surface area contributed by atoms with Crippen molar-refractivity contribution in [3.8, 4) is 22.3 Å². The molecule has 5 rings (SSSR count). The monoisotopic (exact) mass is 390 g/mol. The van der Waals surface area contributed by atoms with E-state index in [1.807, 2.05) is 0 Å². The second kappa shape index (κ2) is 7.14. The van der Waals surface area contributed by atoms with Gasteiger partial charge in [-0.1, -0.05) is 91.0 Å². The van der Waals surface area contributed by atoms with Gasteiger partial charge in [-0.25, -0.2) is 0 Å². The molecule has 1 atom stereocenters. The van der Waals surface area contributed by atoms with Gasteiger partial charge in [-0.3, -0.25) is 0 Å². The molecular formula is C28H23P. The average Bonchev–Trinajstić information content (AvgIpc) is 2.75. The Morgan fingerprint density at radius 2 is 0.931 bits per heavy atom. The fourth-order valence-electron chi connectivity index (χ4n) is 4.48. The molecule has 5 aromatic carbocycles. The lowest BCUT2D eigenvalue weighted by molar-refractivity contribution is 1.48. The Labute approximate surface area is 174 Å². The fraction of sp³-hybridized carbons (Fsp3) is 0.0714. The Morgan fingerprint density at radius 1 is 0.483 bits per heavy atom. The molecule has 0 aromatic heterocycles. The highest BCUT2D eigenvalue weighted by Gasteiger charge is 2.15. The zero-order valence-electron chi connectivity index (χ0n) is 16.7. The molecule has 5 aromatic rings. The lowest BCUT2D eigenvalue weighted by Gasteiger charge is -2.18. The van der Waals surface area contributed by atoms with E-state index in [0.29, 0.717) is 0 Å². The number of benzene rings is 5. The van der Waals surface area contributed by atoms with Crippen molar-refractivity contribution in [2.75, 3.05) is 0 Å². The molecule has 0 aliphatic carbocycles. The molecule has 29 heavy (non-hydrogen) atoms. The molecule has 1 heteroatoms. The maximum Gasteiger partial charge on any atom is -0.00697 e. The fourth-order valence-corrected chi connectivity index (χ4v) is 4.96. The second-order valence-corrected chi connectivity index (χ2v) is 8.30. The number of aryl methyl sites for hydroxylation is 2. The van der Waals surface area contributed by atoms with Crippen LogP contribution in [-0.4, -0.2) is 0 Å². The zero-order valence-corrected chi connectivity index (χ0v) is 17.9. The van der Waals surface area contributed by atoms with Crippen LogP contribution in [0.15, 0.2) is 91.0 Å². The first kappa shape index (κ1) is 18.1. The summed E-state index contributed by atoms with van der Waals surface area (Å²) in [4.78, 5) is 0. The van der Waals surface area contributed by atoms with Gasteiger partial charge >= 0.3 is 0 Å². The highest BCUT2D eigenvalue weighted by molar-refractivity contribution is 7.28. The summed E-state index contributed by atoms with van der Waals surface area (Å²) < 4.78 is 0. The Balaban J connectivity index is 1.84. The summed E-state index contributed by atoms with van der Waals surface area (Å²) in [6.45, 7) is 4.42. The minimum absolute atomic E-state index is 1.26. The van der Waals surface area contributed by atoms with Gasteiger partial charge in [0.2, 0.25) is 0 Å². The number of rotatable bonds is 2. The van der Waals surface area contributed by atoms with Crippen LogP contribution in [0.1, 0.15) is 11.1 Å². The summed E-state index contributed by atoms with van der Waals surface area (Å²) in [6.07, 6.45) is 0. The van der Waals surface area contributed by atoms with Crippen molar-refractivity contribution >= 4 is 36.1 Å². The Morgan fingerprint density at radius 3 is 1.41 bits per heavy atom. The van der Waals surface area contributed by atoms with Crippen molar-refractivity contribution in [2.24, 2.45) is 0 Å². The van der Waals surface area contributed by atoms with E-state index < -0.39 is 0 Å². The van der Waals surface area contributed by atoms with Crippen LogP contribution in [0.5, 0.6) is 0 Å². The Hall–Kier alpha value is -2.95. The van der Waals surface area contributed by atoms with Gasteiger partial charge < -0.3 is 0 Å². The van der Waals surface area contributed by atoms with Crippen LogP contribution in [0.4, 0.5) is 0 Å². The molecule has 0 aliphatic rings. The van der Waals surface area contributed by atoms with Gasteiger partial charge in [-0.2, -0.15) is 0 Å². The van der Waals surface area contributed by atoms with Crippen LogP contribution in [-0.2, 0) is 0 Å². The first-order valence-electron chi connectivity index (χ1n) is 10.0. The molecule has 140 valence electrons. The van der Waals surface area contributed by atoms with Crippen molar-refractivity contribution in [1.29, 1.82) is 0 Å². The minimum Gasteiger partial charge on any atom is -0.104 e. The van der Waals surface area contributed by atoms with Crippen LogP contribution in [0, 0.1) is 13.8 Å². The summed E-state index contributed by atoms with van der Waals surface area (Å²) in [5, 5.41) is 6.44. The molecule has 0 radical (unpaired) electrons. The lowest BCUT2D eigenvalue weighted by atomic mass is 9.89. The molecule has 0 saturated heterocycles. The lowest BCUT2D eigenvalue weighted by Crippen LogP contribution is -2.04. The van der Waals surface area contributed by atoms with Crippen LogP contribution in [0.3, 0.4) is 0 Å². The summed E-state index contributed by atoms with van der Waals surface area (Å²) in [6, 6.07) is 32.9. The van der Waals surface area contributed by atoms with Crippen molar-refractivity contribution in [3.63, 3.8) is 0 Å². The molecular weight excluding hydrogens is 367 g/mol. The molecule has 0 nitrogen and oxygen atoms in total. The van der Waals surface area contributed by atoms with Crippen molar-refractivity contribution < 1.29 is 0 Å². The van der Waals surface area contributed by atoms with E-state index in [1.54, 1.807) is 0 Å². The van der Waals surface area contributed by atoms with E-state index in [1.165, 1.54) is 60.2 Å². The minimum atomic E-state index is 1.26. The number of hydrogen-bond donors (Lipinski definition) is 0. The van der Waals surface area contributed by atoms with E-state index in [2.05, 4.69) is 114 Å². The predicted molar refractivity (Wildman–Crippen MR) is 131 cm³/mol. The van der Waals surface area contributed by atoms with E-state index >= 15 is 0 Å². The molecule has 0 heterocycles. The SMILES string of the molecule is Cc1ccc2ccccc2c1-c1cccc(-c2c(C)ccc3ccccc23)c1P. The largest absolute Gasteiger partial charge is 0.104 e. The van der Waals surface area contributed by atoms with Crippen LogP contribution in [0.2, 0.25) is 0 Å². The van der Waals surface area contributed by atoms with E-state index in [9.17, 15) is 0 Å². The van der Waals surface area contributed by atoms with Gasteiger partial charge in [0.15, 0.2) is 0 Å². The van der Waals surface area contributed by atoms with Crippen molar-refractivity contribution in [1.82, 2.24) is 0 Å². The van der Waals surface area contributed by atoms with Crippen molar-refractivity contribution in [2.45, 2.75) is 13.8 Å². The number of hydrogen-bond acceptors (Lipinski definition) is 0. The first-order chi connectivity index (χ1) is 14.1. The predicted octanol–water partition coefficient (Wildman–Crippen LogP) is 7.44.